The van der Waals surface area contributed by atoms with E-state index in [4.69, 9.17) is 4.42 Å². The molecule has 0 N–H and O–H groups in total. The van der Waals surface area contributed by atoms with Gasteiger partial charge in [-0.3, -0.25) is 0 Å². The van der Waals surface area contributed by atoms with Gasteiger partial charge in [0.15, 0.2) is 0 Å². The first-order valence-corrected chi connectivity index (χ1v) is 19.4. The minimum Gasteiger partial charge on any atom is -0.455 e. The van der Waals surface area contributed by atoms with Crippen LogP contribution in [0.4, 0.5) is 17.1 Å². The molecule has 0 radical (unpaired) electrons. The monoisotopic (exact) mass is 728 g/mol. The summed E-state index contributed by atoms with van der Waals surface area (Å²) in [4.78, 5) is 2.39. The molecule has 0 spiro atoms. The van der Waals surface area contributed by atoms with E-state index in [2.05, 4.69) is 216 Å². The number of fused-ring (bicyclic) bond motifs is 6. The number of anilines is 3. The molecule has 57 heavy (non-hydrogen) atoms. The molecule has 2 heterocycles. The Morgan fingerprint density at radius 3 is 1.72 bits per heavy atom. The summed E-state index contributed by atoms with van der Waals surface area (Å²) in [5.41, 5.74) is 15.3. The lowest BCUT2D eigenvalue weighted by Gasteiger charge is -2.27. The van der Waals surface area contributed by atoms with Crippen molar-refractivity contribution in [3.63, 3.8) is 0 Å². The van der Waals surface area contributed by atoms with E-state index in [1.807, 2.05) is 12.1 Å². The van der Waals surface area contributed by atoms with Crippen molar-refractivity contribution in [2.45, 2.75) is 0 Å². The van der Waals surface area contributed by atoms with Crippen LogP contribution in [-0.2, 0) is 0 Å². The van der Waals surface area contributed by atoms with E-state index in [1.54, 1.807) is 0 Å². The van der Waals surface area contributed by atoms with Crippen LogP contribution in [0.25, 0.3) is 82.8 Å². The lowest BCUT2D eigenvalue weighted by molar-refractivity contribution is 0.670. The zero-order valence-corrected chi connectivity index (χ0v) is 31.1. The van der Waals surface area contributed by atoms with Crippen molar-refractivity contribution in [1.82, 2.24) is 4.57 Å². The summed E-state index contributed by atoms with van der Waals surface area (Å²) >= 11 is 0. The van der Waals surface area contributed by atoms with Crippen LogP contribution in [0.3, 0.4) is 0 Å². The molecular formula is C54H36N2O. The summed E-state index contributed by atoms with van der Waals surface area (Å²) in [6.45, 7) is 0. The van der Waals surface area contributed by atoms with Crippen molar-refractivity contribution in [1.29, 1.82) is 0 Å². The Balaban J connectivity index is 1.15. The van der Waals surface area contributed by atoms with E-state index in [-0.39, 0.29) is 0 Å². The summed E-state index contributed by atoms with van der Waals surface area (Å²) in [5, 5.41) is 4.70. The second kappa shape index (κ2) is 13.6. The average Bonchev–Trinajstić information content (AvgIpc) is 3.83. The predicted molar refractivity (Wildman–Crippen MR) is 239 cm³/mol. The zero-order chi connectivity index (χ0) is 37.7. The molecule has 0 bridgehead atoms. The molecule has 11 rings (SSSR count). The Kier molecular flexibility index (Phi) is 7.82. The number of hydrogen-bond acceptors (Lipinski definition) is 2. The summed E-state index contributed by atoms with van der Waals surface area (Å²) in [7, 11) is 0. The molecule has 0 aliphatic rings. The molecule has 0 saturated heterocycles. The number of furan rings is 1. The average molecular weight is 729 g/mol. The van der Waals surface area contributed by atoms with Crippen molar-refractivity contribution >= 4 is 60.8 Å². The van der Waals surface area contributed by atoms with Gasteiger partial charge in [-0.25, -0.2) is 0 Å². The van der Waals surface area contributed by atoms with Gasteiger partial charge in [-0.2, -0.15) is 0 Å². The van der Waals surface area contributed by atoms with Crippen LogP contribution in [0.2, 0.25) is 0 Å². The van der Waals surface area contributed by atoms with E-state index in [0.29, 0.717) is 0 Å². The van der Waals surface area contributed by atoms with Gasteiger partial charge in [0.25, 0.3) is 0 Å². The van der Waals surface area contributed by atoms with Gasteiger partial charge < -0.3 is 13.9 Å². The first-order chi connectivity index (χ1) is 28.3. The lowest BCUT2D eigenvalue weighted by Crippen LogP contribution is -2.10. The number of aromatic nitrogens is 1. The Bertz CT molecular complexity index is 3230. The fourth-order valence-corrected chi connectivity index (χ4v) is 8.60. The highest BCUT2D eigenvalue weighted by molar-refractivity contribution is 6.16. The summed E-state index contributed by atoms with van der Waals surface area (Å²) < 4.78 is 8.94. The third kappa shape index (κ3) is 5.60. The van der Waals surface area contributed by atoms with E-state index in [1.165, 1.54) is 33.0 Å². The Hall–Kier alpha value is -7.62. The molecule has 0 amide bonds. The third-order valence-electron chi connectivity index (χ3n) is 11.2. The number of hydrogen-bond donors (Lipinski definition) is 0. The van der Waals surface area contributed by atoms with Gasteiger partial charge in [-0.05, 0) is 88.5 Å². The van der Waals surface area contributed by atoms with Gasteiger partial charge in [0.1, 0.15) is 11.2 Å². The van der Waals surface area contributed by atoms with Gasteiger partial charge in [-0.15, -0.1) is 0 Å². The number of para-hydroxylation sites is 3. The molecule has 3 nitrogen and oxygen atoms in total. The van der Waals surface area contributed by atoms with Crippen LogP contribution in [0.1, 0.15) is 0 Å². The highest BCUT2D eigenvalue weighted by Gasteiger charge is 2.21. The van der Waals surface area contributed by atoms with Gasteiger partial charge in [0.05, 0.1) is 11.0 Å². The van der Waals surface area contributed by atoms with Gasteiger partial charge in [0, 0.05) is 49.9 Å². The van der Waals surface area contributed by atoms with Crippen molar-refractivity contribution in [3.05, 3.63) is 218 Å². The van der Waals surface area contributed by atoms with Crippen LogP contribution in [0, 0.1) is 0 Å². The molecule has 3 heteroatoms. The minimum absolute atomic E-state index is 0.896. The van der Waals surface area contributed by atoms with Crippen molar-refractivity contribution in [2.24, 2.45) is 0 Å². The molecule has 0 saturated carbocycles. The summed E-state index contributed by atoms with van der Waals surface area (Å²) in [5.74, 6) is 0. The fraction of sp³-hybridized carbons (Fsp3) is 0. The van der Waals surface area contributed by atoms with Crippen LogP contribution >= 0.6 is 0 Å². The quantitative estimate of drug-likeness (QED) is 0.163. The minimum atomic E-state index is 0.896. The fourth-order valence-electron chi connectivity index (χ4n) is 8.60. The van der Waals surface area contributed by atoms with Crippen LogP contribution in [0.5, 0.6) is 0 Å². The predicted octanol–water partition coefficient (Wildman–Crippen LogP) is 15.2. The first kappa shape index (κ1) is 32.8. The molecule has 0 unspecified atom stereocenters. The van der Waals surface area contributed by atoms with Gasteiger partial charge >= 0.3 is 0 Å². The Morgan fingerprint density at radius 1 is 0.351 bits per heavy atom. The van der Waals surface area contributed by atoms with Crippen LogP contribution < -0.4 is 4.90 Å². The van der Waals surface area contributed by atoms with Crippen LogP contribution in [-0.4, -0.2) is 4.57 Å². The van der Waals surface area contributed by atoms with E-state index >= 15 is 0 Å². The van der Waals surface area contributed by atoms with Crippen molar-refractivity contribution < 1.29 is 4.42 Å². The SMILES string of the molecule is c1ccc(-c2cccc(N(c3cccc(-c4cccc5c4oc4ccccc45)c3)c3ccc4c5c(-c6ccccc6)cccc5n(-c5ccccc5)c4c3)c2)cc1. The normalized spacial score (nSPS) is 11.5. The Morgan fingerprint density at radius 2 is 0.930 bits per heavy atom. The highest BCUT2D eigenvalue weighted by Crippen LogP contribution is 2.44. The van der Waals surface area contributed by atoms with E-state index < -0.39 is 0 Å². The molecule has 9 aromatic carbocycles. The van der Waals surface area contributed by atoms with Crippen molar-refractivity contribution in [2.75, 3.05) is 4.90 Å². The smallest absolute Gasteiger partial charge is 0.143 e. The van der Waals surface area contributed by atoms with Gasteiger partial charge in [0.2, 0.25) is 0 Å². The summed E-state index contributed by atoms with van der Waals surface area (Å²) in [6, 6.07) is 78.1. The maximum absolute atomic E-state index is 6.53. The maximum Gasteiger partial charge on any atom is 0.143 e. The van der Waals surface area contributed by atoms with E-state index in [9.17, 15) is 0 Å². The Labute approximate surface area is 330 Å². The topological polar surface area (TPSA) is 21.3 Å². The van der Waals surface area contributed by atoms with E-state index in [0.717, 1.165) is 66.9 Å². The standard InChI is InChI=1S/C54H36N2O/c1-4-16-37(17-5-1)39-20-12-24-42(34-39)55(43-25-13-21-40(35-43)46-28-14-29-48-47-26-10-11-31-52(47)57-54(46)48)44-32-33-49-51(36-44)56(41-22-8-3-9-23-41)50-30-15-27-45(53(49)50)38-18-6-2-7-19-38/h1-36H. The second-order valence-corrected chi connectivity index (χ2v) is 14.5. The number of rotatable bonds is 7. The largest absolute Gasteiger partial charge is 0.455 e. The summed E-state index contributed by atoms with van der Waals surface area (Å²) in [6.07, 6.45) is 0. The molecule has 11 aromatic rings. The molecule has 2 aromatic heterocycles. The third-order valence-corrected chi connectivity index (χ3v) is 11.2. The van der Waals surface area contributed by atoms with Gasteiger partial charge in [-0.1, -0.05) is 158 Å². The highest BCUT2D eigenvalue weighted by atomic mass is 16.3. The van der Waals surface area contributed by atoms with Crippen molar-refractivity contribution in [3.8, 4) is 39.1 Å². The maximum atomic E-state index is 6.53. The number of benzene rings is 9. The molecule has 0 fully saturated rings. The zero-order valence-electron chi connectivity index (χ0n) is 31.1. The first-order valence-electron chi connectivity index (χ1n) is 19.4. The molecule has 0 aliphatic heterocycles. The molecular weight excluding hydrogens is 693 g/mol. The van der Waals surface area contributed by atoms with Crippen LogP contribution in [0.15, 0.2) is 223 Å². The molecule has 268 valence electrons. The molecule has 0 atom stereocenters. The lowest BCUT2D eigenvalue weighted by atomic mass is 9.99. The second-order valence-electron chi connectivity index (χ2n) is 14.5. The number of nitrogens with zero attached hydrogens (tertiary/aromatic N) is 2. The molecule has 0 aliphatic carbocycles.